The number of ether oxygens (including phenoxy) is 3. The topological polar surface area (TPSA) is 94.2 Å². The fourth-order valence-corrected chi connectivity index (χ4v) is 2.05. The van der Waals surface area contributed by atoms with Gasteiger partial charge in [0.15, 0.2) is 18.1 Å². The van der Waals surface area contributed by atoms with Crippen LogP contribution in [0.4, 0.5) is 0 Å². The summed E-state index contributed by atoms with van der Waals surface area (Å²) >= 11 is 0. The summed E-state index contributed by atoms with van der Waals surface area (Å²) < 4.78 is 15.2. The highest BCUT2D eigenvalue weighted by Gasteiger charge is 2.19. The molecule has 0 aliphatic rings. The largest absolute Gasteiger partial charge is 0.493 e. The summed E-state index contributed by atoms with van der Waals surface area (Å²) in [6.07, 6.45) is 0. The highest BCUT2D eigenvalue weighted by atomic mass is 16.5. The zero-order valence-corrected chi connectivity index (χ0v) is 16.0. The number of hydrogen-bond acceptors (Lipinski definition) is 6. The van der Waals surface area contributed by atoms with Crippen LogP contribution in [0.25, 0.3) is 0 Å². The zero-order chi connectivity index (χ0) is 19.9. The first-order valence-corrected chi connectivity index (χ1v) is 8.01. The Bertz CT molecular complexity index is 666. The van der Waals surface area contributed by atoms with E-state index in [9.17, 15) is 14.4 Å². The third-order valence-corrected chi connectivity index (χ3v) is 3.27. The molecule has 26 heavy (non-hydrogen) atoms. The number of methoxy groups -OCH3 is 2. The molecule has 0 heterocycles. The molecular formula is C18H26N2O6. The molecule has 0 saturated heterocycles. The fourth-order valence-electron chi connectivity index (χ4n) is 2.05. The number of carbonyl (C=O) groups is 3. The second-order valence-corrected chi connectivity index (χ2v) is 6.69. The van der Waals surface area contributed by atoms with E-state index in [2.05, 4.69) is 5.32 Å². The van der Waals surface area contributed by atoms with E-state index in [1.165, 1.54) is 38.3 Å². The van der Waals surface area contributed by atoms with Crippen molar-refractivity contribution in [3.05, 3.63) is 23.8 Å². The van der Waals surface area contributed by atoms with Gasteiger partial charge in [0.25, 0.3) is 5.91 Å². The van der Waals surface area contributed by atoms with Crippen LogP contribution in [0.5, 0.6) is 11.5 Å². The number of amides is 2. The molecule has 1 aromatic carbocycles. The monoisotopic (exact) mass is 366 g/mol. The molecule has 0 unspecified atom stereocenters. The van der Waals surface area contributed by atoms with Gasteiger partial charge in [0.2, 0.25) is 5.91 Å². The van der Waals surface area contributed by atoms with Gasteiger partial charge in [0.1, 0.15) is 0 Å². The Morgan fingerprint density at radius 2 is 1.69 bits per heavy atom. The number of esters is 1. The van der Waals surface area contributed by atoms with Crippen LogP contribution in [-0.4, -0.2) is 62.6 Å². The van der Waals surface area contributed by atoms with Crippen molar-refractivity contribution in [3.8, 4) is 11.5 Å². The number of hydrogen-bond donors (Lipinski definition) is 1. The molecule has 0 bridgehead atoms. The second-order valence-electron chi connectivity index (χ2n) is 6.69. The number of nitrogens with one attached hydrogen (secondary N) is 1. The summed E-state index contributed by atoms with van der Waals surface area (Å²) in [4.78, 5) is 37.1. The van der Waals surface area contributed by atoms with Gasteiger partial charge in [-0.3, -0.25) is 9.59 Å². The van der Waals surface area contributed by atoms with E-state index in [4.69, 9.17) is 14.2 Å². The Balaban J connectivity index is 2.58. The van der Waals surface area contributed by atoms with E-state index >= 15 is 0 Å². The van der Waals surface area contributed by atoms with Gasteiger partial charge >= 0.3 is 5.97 Å². The first-order chi connectivity index (χ1) is 12.1. The van der Waals surface area contributed by atoms with E-state index in [1.54, 1.807) is 6.07 Å². The van der Waals surface area contributed by atoms with E-state index in [1.807, 2.05) is 20.8 Å². The van der Waals surface area contributed by atoms with Crippen molar-refractivity contribution in [1.29, 1.82) is 0 Å². The minimum Gasteiger partial charge on any atom is -0.493 e. The highest BCUT2D eigenvalue weighted by Crippen LogP contribution is 2.27. The van der Waals surface area contributed by atoms with Crippen LogP contribution in [0.15, 0.2) is 18.2 Å². The number of likely N-dealkylation sites (N-methyl/N-ethyl adjacent to an activating group) is 1. The van der Waals surface area contributed by atoms with Crippen LogP contribution in [0.2, 0.25) is 0 Å². The number of carbonyl (C=O) groups excluding carboxylic acids is 3. The molecule has 1 rings (SSSR count). The normalized spacial score (nSPS) is 10.7. The summed E-state index contributed by atoms with van der Waals surface area (Å²) in [6, 6.07) is 4.54. The lowest BCUT2D eigenvalue weighted by Crippen LogP contribution is -2.46. The molecule has 144 valence electrons. The van der Waals surface area contributed by atoms with Gasteiger partial charge in [-0.2, -0.15) is 0 Å². The van der Waals surface area contributed by atoms with E-state index in [-0.39, 0.29) is 23.6 Å². The lowest BCUT2D eigenvalue weighted by atomic mass is 10.1. The maximum Gasteiger partial charge on any atom is 0.338 e. The molecular weight excluding hydrogens is 340 g/mol. The van der Waals surface area contributed by atoms with Crippen LogP contribution in [-0.2, 0) is 14.3 Å². The van der Waals surface area contributed by atoms with Crippen molar-refractivity contribution >= 4 is 17.8 Å². The van der Waals surface area contributed by atoms with Crippen molar-refractivity contribution in [2.75, 3.05) is 34.4 Å². The summed E-state index contributed by atoms with van der Waals surface area (Å²) in [7, 11) is 4.41. The van der Waals surface area contributed by atoms with Gasteiger partial charge in [0, 0.05) is 12.6 Å². The lowest BCUT2D eigenvalue weighted by molar-refractivity contribution is -0.137. The predicted octanol–water partition coefficient (Wildman–Crippen LogP) is 1.23. The average molecular weight is 366 g/mol. The van der Waals surface area contributed by atoms with Crippen LogP contribution in [0.3, 0.4) is 0 Å². The SMILES string of the molecule is COc1ccc(C(=O)OCC(=O)N(C)CC(=O)NC(C)(C)C)cc1OC. The fraction of sp³-hybridized carbons (Fsp3) is 0.500. The van der Waals surface area contributed by atoms with Gasteiger partial charge < -0.3 is 24.4 Å². The van der Waals surface area contributed by atoms with Gasteiger partial charge in [-0.15, -0.1) is 0 Å². The number of nitrogens with zero attached hydrogens (tertiary/aromatic N) is 1. The molecule has 0 fully saturated rings. The first-order valence-electron chi connectivity index (χ1n) is 8.01. The molecule has 1 aromatic rings. The maximum absolute atomic E-state index is 12.1. The highest BCUT2D eigenvalue weighted by molar-refractivity contribution is 5.92. The van der Waals surface area contributed by atoms with Crippen LogP contribution >= 0.6 is 0 Å². The van der Waals surface area contributed by atoms with Crippen molar-refractivity contribution < 1.29 is 28.6 Å². The molecule has 0 aromatic heterocycles. The van der Waals surface area contributed by atoms with Gasteiger partial charge in [-0.25, -0.2) is 4.79 Å². The minimum atomic E-state index is -0.674. The van der Waals surface area contributed by atoms with E-state index in [0.717, 1.165) is 0 Å². The average Bonchev–Trinajstić information content (AvgIpc) is 2.56. The predicted molar refractivity (Wildman–Crippen MR) is 95.4 cm³/mol. The summed E-state index contributed by atoms with van der Waals surface area (Å²) in [5.41, 5.74) is -0.163. The maximum atomic E-state index is 12.1. The Morgan fingerprint density at radius 1 is 1.08 bits per heavy atom. The third-order valence-electron chi connectivity index (χ3n) is 3.27. The summed E-state index contributed by atoms with van der Waals surface area (Å²) in [5, 5.41) is 2.75. The molecule has 8 heteroatoms. The quantitative estimate of drug-likeness (QED) is 0.730. The smallest absolute Gasteiger partial charge is 0.338 e. The van der Waals surface area contributed by atoms with Crippen molar-refractivity contribution in [1.82, 2.24) is 10.2 Å². The molecule has 0 atom stereocenters. The van der Waals surface area contributed by atoms with Gasteiger partial charge in [-0.1, -0.05) is 0 Å². The van der Waals surface area contributed by atoms with Crippen molar-refractivity contribution in [2.24, 2.45) is 0 Å². The van der Waals surface area contributed by atoms with E-state index < -0.39 is 18.5 Å². The van der Waals surface area contributed by atoms with Crippen molar-refractivity contribution in [2.45, 2.75) is 26.3 Å². The second kappa shape index (κ2) is 9.07. The molecule has 0 spiro atoms. The minimum absolute atomic E-state index is 0.121. The molecule has 0 radical (unpaired) electrons. The number of rotatable bonds is 7. The molecule has 2 amide bonds. The first kappa shape index (κ1) is 21.3. The Morgan fingerprint density at radius 3 is 2.23 bits per heavy atom. The van der Waals surface area contributed by atoms with E-state index in [0.29, 0.717) is 11.5 Å². The molecule has 1 N–H and O–H groups in total. The van der Waals surface area contributed by atoms with Crippen LogP contribution < -0.4 is 14.8 Å². The van der Waals surface area contributed by atoms with Gasteiger partial charge in [0.05, 0.1) is 26.3 Å². The summed E-state index contributed by atoms with van der Waals surface area (Å²) in [6.45, 7) is 4.95. The molecule has 8 nitrogen and oxygen atoms in total. The Kier molecular flexibility index (Phi) is 7.42. The van der Waals surface area contributed by atoms with Gasteiger partial charge in [-0.05, 0) is 39.0 Å². The Hall–Kier alpha value is -2.77. The summed E-state index contributed by atoms with van der Waals surface area (Å²) in [5.74, 6) is -0.594. The van der Waals surface area contributed by atoms with Crippen LogP contribution in [0.1, 0.15) is 31.1 Å². The molecule has 0 aliphatic carbocycles. The van der Waals surface area contributed by atoms with Crippen molar-refractivity contribution in [3.63, 3.8) is 0 Å². The molecule has 0 aliphatic heterocycles. The Labute approximate surface area is 153 Å². The third kappa shape index (κ3) is 6.62. The zero-order valence-electron chi connectivity index (χ0n) is 16.0. The number of benzene rings is 1. The van der Waals surface area contributed by atoms with Crippen LogP contribution in [0, 0.1) is 0 Å². The standard InChI is InChI=1S/C18H26N2O6/c1-18(2,3)19-15(21)10-20(4)16(22)11-26-17(23)12-7-8-13(24-5)14(9-12)25-6/h7-9H,10-11H2,1-6H3,(H,19,21). The molecule has 0 saturated carbocycles. The lowest BCUT2D eigenvalue weighted by Gasteiger charge is -2.23.